The molecule has 2 N–H and O–H groups in total. The Bertz CT molecular complexity index is 352. The van der Waals surface area contributed by atoms with Crippen molar-refractivity contribution in [1.82, 2.24) is 0 Å². The molecule has 1 aromatic carbocycles. The molecule has 0 aliphatic rings. The van der Waals surface area contributed by atoms with Crippen LogP contribution in [0.2, 0.25) is 5.02 Å². The highest BCUT2D eigenvalue weighted by atomic mass is 35.5. The first-order valence-electron chi connectivity index (χ1n) is 4.26. The van der Waals surface area contributed by atoms with Crippen molar-refractivity contribution in [3.05, 3.63) is 28.8 Å². The highest BCUT2D eigenvalue weighted by Gasteiger charge is 2.08. The maximum absolute atomic E-state index is 5.84. The lowest BCUT2D eigenvalue weighted by molar-refractivity contribution is 0.242. The number of rotatable bonds is 3. The lowest BCUT2D eigenvalue weighted by Crippen LogP contribution is -2.14. The summed E-state index contributed by atoms with van der Waals surface area (Å²) in [5, 5.41) is 0.612. The van der Waals surface area contributed by atoms with Crippen LogP contribution in [0.4, 0.5) is 0 Å². The molecule has 14 heavy (non-hydrogen) atoms. The van der Waals surface area contributed by atoms with Crippen molar-refractivity contribution in [1.29, 1.82) is 0 Å². The van der Waals surface area contributed by atoms with Gasteiger partial charge in [-0.2, -0.15) is 0 Å². The van der Waals surface area contributed by atoms with Crippen molar-refractivity contribution in [2.45, 2.75) is 20.0 Å². The van der Waals surface area contributed by atoms with Crippen LogP contribution in [0.3, 0.4) is 0 Å². The number of benzene rings is 1. The zero-order valence-corrected chi connectivity index (χ0v) is 9.65. The van der Waals surface area contributed by atoms with Gasteiger partial charge in [-0.3, -0.25) is 0 Å². The van der Waals surface area contributed by atoms with Crippen LogP contribution in [0.25, 0.3) is 0 Å². The van der Waals surface area contributed by atoms with E-state index in [4.69, 9.17) is 34.3 Å². The van der Waals surface area contributed by atoms with Crippen LogP contribution in [-0.2, 0) is 0 Å². The van der Waals surface area contributed by atoms with Crippen LogP contribution in [0.5, 0.6) is 5.75 Å². The Kier molecular flexibility index (Phi) is 3.72. The minimum Gasteiger partial charge on any atom is -0.490 e. The summed E-state index contributed by atoms with van der Waals surface area (Å²) in [6, 6.07) is 5.22. The first-order valence-corrected chi connectivity index (χ1v) is 5.05. The molecule has 4 heteroatoms. The van der Waals surface area contributed by atoms with Crippen LogP contribution in [0.1, 0.15) is 19.4 Å². The predicted octanol–water partition coefficient (Wildman–Crippen LogP) is 2.76. The highest BCUT2D eigenvalue weighted by molar-refractivity contribution is 7.80. The quantitative estimate of drug-likeness (QED) is 0.810. The molecule has 0 saturated heterocycles. The maximum atomic E-state index is 5.84. The summed E-state index contributed by atoms with van der Waals surface area (Å²) in [5.74, 6) is 0.639. The number of halogens is 1. The van der Waals surface area contributed by atoms with Gasteiger partial charge in [0.2, 0.25) is 0 Å². The molecule has 1 rings (SSSR count). The number of ether oxygens (including phenoxy) is 1. The average molecular weight is 230 g/mol. The summed E-state index contributed by atoms with van der Waals surface area (Å²) in [4.78, 5) is 0.317. The smallest absolute Gasteiger partial charge is 0.131 e. The van der Waals surface area contributed by atoms with E-state index in [2.05, 4.69) is 0 Å². The first-order chi connectivity index (χ1) is 6.50. The van der Waals surface area contributed by atoms with Gasteiger partial charge in [-0.05, 0) is 32.0 Å². The highest BCUT2D eigenvalue weighted by Crippen LogP contribution is 2.24. The van der Waals surface area contributed by atoms with Crippen LogP contribution < -0.4 is 10.5 Å². The molecule has 0 atom stereocenters. The Morgan fingerprint density at radius 3 is 2.64 bits per heavy atom. The molecule has 0 fully saturated rings. The number of hydrogen-bond donors (Lipinski definition) is 1. The van der Waals surface area contributed by atoms with Gasteiger partial charge in [-0.15, -0.1) is 0 Å². The van der Waals surface area contributed by atoms with Crippen molar-refractivity contribution in [2.24, 2.45) is 5.73 Å². The van der Waals surface area contributed by atoms with E-state index in [9.17, 15) is 0 Å². The van der Waals surface area contributed by atoms with Crippen molar-refractivity contribution < 1.29 is 4.74 Å². The summed E-state index contributed by atoms with van der Waals surface area (Å²) in [6.07, 6.45) is 0.0709. The molecule has 0 spiro atoms. The largest absolute Gasteiger partial charge is 0.490 e. The molecule has 0 aliphatic heterocycles. The van der Waals surface area contributed by atoms with E-state index >= 15 is 0 Å². The summed E-state index contributed by atoms with van der Waals surface area (Å²) in [7, 11) is 0. The number of thiocarbonyl (C=S) groups is 1. The third-order valence-electron chi connectivity index (χ3n) is 1.57. The molecule has 0 aromatic heterocycles. The van der Waals surface area contributed by atoms with Gasteiger partial charge in [0, 0.05) is 5.02 Å². The van der Waals surface area contributed by atoms with E-state index in [0.29, 0.717) is 15.8 Å². The molecule has 0 unspecified atom stereocenters. The molecule has 0 bridgehead atoms. The van der Waals surface area contributed by atoms with E-state index in [1.165, 1.54) is 0 Å². The average Bonchev–Trinajstić information content (AvgIpc) is 2.01. The van der Waals surface area contributed by atoms with Gasteiger partial charge in [0.25, 0.3) is 0 Å². The molecule has 0 aliphatic carbocycles. The fourth-order valence-corrected chi connectivity index (χ4v) is 1.38. The monoisotopic (exact) mass is 229 g/mol. The van der Waals surface area contributed by atoms with Crippen LogP contribution in [-0.4, -0.2) is 11.1 Å². The van der Waals surface area contributed by atoms with Gasteiger partial charge in [-0.1, -0.05) is 23.8 Å². The topological polar surface area (TPSA) is 35.2 Å². The SMILES string of the molecule is CC(C)Oc1cc(Cl)ccc1C(N)=S. The fourth-order valence-electron chi connectivity index (χ4n) is 1.05. The van der Waals surface area contributed by atoms with E-state index in [-0.39, 0.29) is 6.10 Å². The first kappa shape index (κ1) is 11.3. The summed E-state index contributed by atoms with van der Waals surface area (Å²) in [5.41, 5.74) is 6.27. The van der Waals surface area contributed by atoms with Crippen molar-refractivity contribution in [2.75, 3.05) is 0 Å². The third kappa shape index (κ3) is 2.86. The van der Waals surface area contributed by atoms with Crippen molar-refractivity contribution in [3.8, 4) is 5.75 Å². The molecule has 0 saturated carbocycles. The Morgan fingerprint density at radius 2 is 2.14 bits per heavy atom. The second-order valence-electron chi connectivity index (χ2n) is 3.17. The van der Waals surface area contributed by atoms with Gasteiger partial charge in [-0.25, -0.2) is 0 Å². The Balaban J connectivity index is 3.09. The second kappa shape index (κ2) is 4.62. The van der Waals surface area contributed by atoms with E-state index in [1.807, 2.05) is 13.8 Å². The molecule has 0 amide bonds. The minimum atomic E-state index is 0.0709. The fraction of sp³-hybridized carbons (Fsp3) is 0.300. The normalized spacial score (nSPS) is 10.3. The summed E-state index contributed by atoms with van der Waals surface area (Å²) < 4.78 is 5.54. The lowest BCUT2D eigenvalue weighted by Gasteiger charge is -2.13. The predicted molar refractivity (Wildman–Crippen MR) is 63.1 cm³/mol. The Morgan fingerprint density at radius 1 is 1.50 bits per heavy atom. The molecule has 76 valence electrons. The van der Waals surface area contributed by atoms with E-state index < -0.39 is 0 Å². The van der Waals surface area contributed by atoms with Crippen LogP contribution in [0.15, 0.2) is 18.2 Å². The zero-order chi connectivity index (χ0) is 10.7. The van der Waals surface area contributed by atoms with E-state index in [1.54, 1.807) is 18.2 Å². The van der Waals surface area contributed by atoms with Gasteiger partial charge >= 0.3 is 0 Å². The molecule has 0 heterocycles. The van der Waals surface area contributed by atoms with Gasteiger partial charge < -0.3 is 10.5 Å². The standard InChI is InChI=1S/C10H12ClNOS/c1-6(2)13-9-5-7(11)3-4-8(9)10(12)14/h3-6H,1-2H3,(H2,12,14). The van der Waals surface area contributed by atoms with Gasteiger partial charge in [0.1, 0.15) is 10.7 Å². The summed E-state index contributed by atoms with van der Waals surface area (Å²) in [6.45, 7) is 3.87. The Hall–Kier alpha value is -0.800. The van der Waals surface area contributed by atoms with Crippen molar-refractivity contribution in [3.63, 3.8) is 0 Å². The number of hydrogen-bond acceptors (Lipinski definition) is 2. The molecular weight excluding hydrogens is 218 g/mol. The molecule has 1 aromatic rings. The summed E-state index contributed by atoms with van der Waals surface area (Å²) >= 11 is 10.7. The third-order valence-corrected chi connectivity index (χ3v) is 2.03. The zero-order valence-electron chi connectivity index (χ0n) is 8.08. The lowest BCUT2D eigenvalue weighted by atomic mass is 10.2. The van der Waals surface area contributed by atoms with Crippen LogP contribution >= 0.6 is 23.8 Å². The maximum Gasteiger partial charge on any atom is 0.131 e. The van der Waals surface area contributed by atoms with E-state index in [0.717, 1.165) is 5.56 Å². The van der Waals surface area contributed by atoms with Gasteiger partial charge in [0.15, 0.2) is 0 Å². The number of nitrogens with two attached hydrogens (primary N) is 1. The minimum absolute atomic E-state index is 0.0709. The van der Waals surface area contributed by atoms with Crippen LogP contribution in [0, 0.1) is 0 Å². The van der Waals surface area contributed by atoms with Crippen molar-refractivity contribution >= 4 is 28.8 Å². The molecule has 0 radical (unpaired) electrons. The molecular formula is C10H12ClNOS. The Labute approximate surface area is 94.0 Å². The second-order valence-corrected chi connectivity index (χ2v) is 4.05. The molecule has 2 nitrogen and oxygen atoms in total. The van der Waals surface area contributed by atoms with Gasteiger partial charge in [0.05, 0.1) is 11.7 Å².